The second kappa shape index (κ2) is 14.1. The minimum Gasteiger partial charge on any atom is -0.394 e. The number of aldehydes is 1. The van der Waals surface area contributed by atoms with Crippen LogP contribution >= 0.6 is 0 Å². The van der Waals surface area contributed by atoms with Gasteiger partial charge in [-0.25, -0.2) is 0 Å². The first-order valence-corrected chi connectivity index (χ1v) is 10.0. The van der Waals surface area contributed by atoms with Crippen molar-refractivity contribution in [2.24, 2.45) is 5.92 Å². The fourth-order valence-electron chi connectivity index (χ4n) is 2.43. The van der Waals surface area contributed by atoms with Crippen LogP contribution in [0.2, 0.25) is 0 Å². The number of carbonyl (C=O) groups is 6. The lowest BCUT2D eigenvalue weighted by Crippen LogP contribution is -2.61. The van der Waals surface area contributed by atoms with Gasteiger partial charge in [0.25, 0.3) is 0 Å². The summed E-state index contributed by atoms with van der Waals surface area (Å²) in [5.41, 5.74) is 0. The minimum absolute atomic E-state index is 0.349. The lowest BCUT2D eigenvalue weighted by atomic mass is 10.0. The molecule has 0 saturated carbocycles. The maximum absolute atomic E-state index is 12.7. The van der Waals surface area contributed by atoms with Gasteiger partial charge in [-0.2, -0.15) is 0 Å². The van der Waals surface area contributed by atoms with E-state index in [9.17, 15) is 39.0 Å². The van der Waals surface area contributed by atoms with Gasteiger partial charge >= 0.3 is 0 Å². The average Bonchev–Trinajstić information content (AvgIpc) is 2.71. The van der Waals surface area contributed by atoms with E-state index in [0.717, 1.165) is 0 Å². The summed E-state index contributed by atoms with van der Waals surface area (Å²) in [5, 5.41) is 30.9. The number of hydrogen-bond acceptors (Lipinski definition) is 8. The molecular weight excluding hydrogens is 426 g/mol. The van der Waals surface area contributed by atoms with E-state index >= 15 is 0 Å². The molecule has 0 aromatic heterocycles. The van der Waals surface area contributed by atoms with Crippen LogP contribution < -0.4 is 26.6 Å². The fourth-order valence-corrected chi connectivity index (χ4v) is 2.43. The third kappa shape index (κ3) is 10.3. The summed E-state index contributed by atoms with van der Waals surface area (Å²) in [4.78, 5) is 70.8. The fraction of sp³-hybridized carbons (Fsp3) is 0.684. The van der Waals surface area contributed by atoms with Crippen molar-refractivity contribution < 1.29 is 39.0 Å². The van der Waals surface area contributed by atoms with E-state index in [1.54, 1.807) is 13.8 Å². The Labute approximate surface area is 186 Å². The van der Waals surface area contributed by atoms with Crippen molar-refractivity contribution in [2.75, 3.05) is 13.2 Å². The van der Waals surface area contributed by atoms with Crippen LogP contribution in [0.25, 0.3) is 0 Å². The third-order valence-corrected chi connectivity index (χ3v) is 4.22. The predicted octanol–water partition coefficient (Wildman–Crippen LogP) is -3.69. The Morgan fingerprint density at radius 1 is 0.844 bits per heavy atom. The van der Waals surface area contributed by atoms with Crippen LogP contribution in [0.4, 0.5) is 0 Å². The van der Waals surface area contributed by atoms with Gasteiger partial charge in [0.15, 0.2) is 0 Å². The summed E-state index contributed by atoms with van der Waals surface area (Å²) in [7, 11) is 0. The van der Waals surface area contributed by atoms with Gasteiger partial charge in [0.2, 0.25) is 29.5 Å². The molecule has 0 saturated heterocycles. The van der Waals surface area contributed by atoms with Crippen LogP contribution in [0.15, 0.2) is 0 Å². The highest BCUT2D eigenvalue weighted by atomic mass is 16.3. The quantitative estimate of drug-likeness (QED) is 0.136. The smallest absolute Gasteiger partial charge is 0.245 e. The SMILES string of the molecule is CC(=O)NCC(=O)N[C@H](C(=O)N[C@H](C(=O)N[C@@H](CO)C(=O)N[C@@H](C)C=O)[C@@H](C)O)C(C)C. The molecule has 0 aliphatic heterocycles. The second-order valence-corrected chi connectivity index (χ2v) is 7.60. The zero-order chi connectivity index (χ0) is 25.0. The van der Waals surface area contributed by atoms with Crippen molar-refractivity contribution in [2.45, 2.75) is 64.9 Å². The Balaban J connectivity index is 5.27. The summed E-state index contributed by atoms with van der Waals surface area (Å²) in [5.74, 6) is -4.05. The van der Waals surface area contributed by atoms with Crippen molar-refractivity contribution in [3.8, 4) is 0 Å². The second-order valence-electron chi connectivity index (χ2n) is 7.60. The standard InChI is InChI=1S/C19H33N5O8/c1-9(2)15(23-14(29)6-20-12(5)28)18(31)24-16(11(4)27)19(32)22-13(8-26)17(30)21-10(3)7-25/h7,9-11,13,15-16,26-27H,6,8H2,1-5H3,(H,20,28)(H,21,30)(H,22,32)(H,23,29)(H,24,31)/t10-,11+,13-,15-,16-/m0/s1. The molecule has 13 nitrogen and oxygen atoms in total. The van der Waals surface area contributed by atoms with Crippen molar-refractivity contribution in [3.05, 3.63) is 0 Å². The molecule has 0 aliphatic rings. The minimum atomic E-state index is -1.51. The van der Waals surface area contributed by atoms with E-state index in [0.29, 0.717) is 6.29 Å². The van der Waals surface area contributed by atoms with Gasteiger partial charge in [0.1, 0.15) is 24.4 Å². The molecule has 0 aromatic carbocycles. The van der Waals surface area contributed by atoms with E-state index in [-0.39, 0.29) is 6.54 Å². The molecule has 0 rings (SSSR count). The van der Waals surface area contributed by atoms with Gasteiger partial charge in [-0.3, -0.25) is 24.0 Å². The topological polar surface area (TPSA) is 203 Å². The van der Waals surface area contributed by atoms with Gasteiger partial charge in [0.05, 0.1) is 25.3 Å². The number of carbonyl (C=O) groups excluding carboxylic acids is 6. The highest BCUT2D eigenvalue weighted by Crippen LogP contribution is 2.04. The zero-order valence-corrected chi connectivity index (χ0v) is 18.8. The van der Waals surface area contributed by atoms with Crippen LogP contribution in [0, 0.1) is 5.92 Å². The predicted molar refractivity (Wildman–Crippen MR) is 112 cm³/mol. The number of hydrogen-bond donors (Lipinski definition) is 7. The molecule has 13 heteroatoms. The van der Waals surface area contributed by atoms with Crippen LogP contribution in [-0.4, -0.2) is 89.5 Å². The Kier molecular flexibility index (Phi) is 12.7. The molecule has 182 valence electrons. The number of aliphatic hydroxyl groups excluding tert-OH is 2. The molecule has 5 amide bonds. The van der Waals surface area contributed by atoms with Crippen LogP contribution in [0.5, 0.6) is 0 Å². The lowest BCUT2D eigenvalue weighted by Gasteiger charge is -2.27. The number of aliphatic hydroxyl groups is 2. The molecular formula is C19H33N5O8. The monoisotopic (exact) mass is 459 g/mol. The Hall–Kier alpha value is -3.06. The summed E-state index contributed by atoms with van der Waals surface area (Å²) in [6.07, 6.45) is -0.933. The first-order chi connectivity index (χ1) is 14.8. The van der Waals surface area contributed by atoms with Crippen LogP contribution in [0.1, 0.15) is 34.6 Å². The van der Waals surface area contributed by atoms with Gasteiger partial charge in [-0.05, 0) is 19.8 Å². The molecule has 0 aliphatic carbocycles. The summed E-state index contributed by atoms with van der Waals surface area (Å²) in [6.45, 7) is 5.99. The highest BCUT2D eigenvalue weighted by molar-refractivity contribution is 5.95. The zero-order valence-electron chi connectivity index (χ0n) is 18.8. The largest absolute Gasteiger partial charge is 0.394 e. The molecule has 0 bridgehead atoms. The first-order valence-electron chi connectivity index (χ1n) is 10.0. The maximum Gasteiger partial charge on any atom is 0.245 e. The van der Waals surface area contributed by atoms with E-state index in [1.165, 1.54) is 20.8 Å². The molecule has 7 N–H and O–H groups in total. The number of nitrogens with one attached hydrogen (secondary N) is 5. The summed E-state index contributed by atoms with van der Waals surface area (Å²) in [6, 6.07) is -4.88. The molecule has 5 atom stereocenters. The Morgan fingerprint density at radius 3 is 1.84 bits per heavy atom. The molecule has 32 heavy (non-hydrogen) atoms. The van der Waals surface area contributed by atoms with E-state index in [2.05, 4.69) is 26.6 Å². The van der Waals surface area contributed by atoms with Crippen molar-refractivity contribution in [1.82, 2.24) is 26.6 Å². The van der Waals surface area contributed by atoms with Crippen molar-refractivity contribution in [3.63, 3.8) is 0 Å². The van der Waals surface area contributed by atoms with E-state index in [1.807, 2.05) is 0 Å². The van der Waals surface area contributed by atoms with Gasteiger partial charge in [-0.15, -0.1) is 0 Å². The molecule has 0 spiro atoms. The van der Waals surface area contributed by atoms with Crippen molar-refractivity contribution >= 4 is 35.8 Å². The Bertz CT molecular complexity index is 697. The van der Waals surface area contributed by atoms with Crippen molar-refractivity contribution in [1.29, 1.82) is 0 Å². The summed E-state index contributed by atoms with van der Waals surface area (Å²) >= 11 is 0. The van der Waals surface area contributed by atoms with E-state index in [4.69, 9.17) is 0 Å². The van der Waals surface area contributed by atoms with Crippen LogP contribution in [-0.2, 0) is 28.8 Å². The number of amides is 5. The normalized spacial score (nSPS) is 15.4. The third-order valence-electron chi connectivity index (χ3n) is 4.22. The van der Waals surface area contributed by atoms with Gasteiger partial charge in [-0.1, -0.05) is 13.8 Å². The molecule has 0 aromatic rings. The van der Waals surface area contributed by atoms with Gasteiger partial charge < -0.3 is 41.6 Å². The molecule has 0 fully saturated rings. The first kappa shape index (κ1) is 28.9. The van der Waals surface area contributed by atoms with E-state index < -0.39 is 72.3 Å². The molecule has 0 unspecified atom stereocenters. The lowest BCUT2D eigenvalue weighted by molar-refractivity contribution is -0.136. The van der Waals surface area contributed by atoms with Crippen LogP contribution in [0.3, 0.4) is 0 Å². The number of rotatable bonds is 13. The Morgan fingerprint density at radius 2 is 1.41 bits per heavy atom. The highest BCUT2D eigenvalue weighted by Gasteiger charge is 2.33. The maximum atomic E-state index is 12.7. The summed E-state index contributed by atoms with van der Waals surface area (Å²) < 4.78 is 0. The van der Waals surface area contributed by atoms with Gasteiger partial charge in [0, 0.05) is 6.92 Å². The molecule has 0 radical (unpaired) electrons. The molecule has 0 heterocycles. The average molecular weight is 460 g/mol.